The number of hydrogen-bond donors (Lipinski definition) is 1. The lowest BCUT2D eigenvalue weighted by Crippen LogP contribution is -2.09. The normalized spacial score (nSPS) is 10.7. The van der Waals surface area contributed by atoms with Crippen molar-refractivity contribution in [1.82, 2.24) is 24.5 Å². The minimum absolute atomic E-state index is 0.721. The second-order valence-electron chi connectivity index (χ2n) is 4.16. The fraction of sp³-hybridized carbons (Fsp3) is 0.154. The molecule has 96 valence electrons. The molecule has 0 unspecified atom stereocenters. The van der Waals surface area contributed by atoms with Crippen molar-refractivity contribution in [3.63, 3.8) is 0 Å². The zero-order valence-corrected chi connectivity index (χ0v) is 11.0. The average Bonchev–Trinajstić information content (AvgIpc) is 3.07. The second-order valence-corrected chi connectivity index (χ2v) is 4.55. The number of imidazole rings is 1. The minimum Gasteiger partial charge on any atom is -0.337 e. The Morgan fingerprint density at radius 1 is 1.16 bits per heavy atom. The van der Waals surface area contributed by atoms with Crippen molar-refractivity contribution < 1.29 is 0 Å². The first-order valence-corrected chi connectivity index (χ1v) is 6.43. The van der Waals surface area contributed by atoms with Crippen LogP contribution in [-0.2, 0) is 13.1 Å². The summed E-state index contributed by atoms with van der Waals surface area (Å²) < 4.78 is 4.59. The highest BCUT2D eigenvalue weighted by molar-refractivity contribution is 7.71. The van der Waals surface area contributed by atoms with Gasteiger partial charge >= 0.3 is 0 Å². The summed E-state index contributed by atoms with van der Waals surface area (Å²) in [6.45, 7) is 1.50. The van der Waals surface area contributed by atoms with Crippen LogP contribution in [0, 0.1) is 4.77 Å². The van der Waals surface area contributed by atoms with Crippen molar-refractivity contribution in [2.45, 2.75) is 13.1 Å². The smallest absolute Gasteiger partial charge is 0.177 e. The number of aromatic nitrogens is 5. The summed E-state index contributed by atoms with van der Waals surface area (Å²) in [7, 11) is 0. The van der Waals surface area contributed by atoms with Gasteiger partial charge in [0.2, 0.25) is 0 Å². The fourth-order valence-corrected chi connectivity index (χ4v) is 2.27. The molecule has 5 nitrogen and oxygen atoms in total. The third kappa shape index (κ3) is 2.48. The van der Waals surface area contributed by atoms with E-state index >= 15 is 0 Å². The molecular formula is C13H13N5S. The summed E-state index contributed by atoms with van der Waals surface area (Å²) in [6.07, 6.45) is 5.46. The van der Waals surface area contributed by atoms with Gasteiger partial charge in [0.1, 0.15) is 0 Å². The molecule has 2 heterocycles. The predicted molar refractivity (Wildman–Crippen MR) is 75.1 cm³/mol. The van der Waals surface area contributed by atoms with Crippen LogP contribution >= 0.6 is 12.2 Å². The van der Waals surface area contributed by atoms with Crippen LogP contribution in [0.15, 0.2) is 48.9 Å². The molecule has 0 aliphatic rings. The standard InChI is InChI=1S/C13H13N5S/c19-13-14-10-12(11-4-2-1-3-5-11)18(13)9-8-17-7-6-15-16-17/h1-7,10H,8-9H2,(H,14,19). The van der Waals surface area contributed by atoms with Gasteiger partial charge < -0.3 is 9.55 Å². The molecule has 3 rings (SSSR count). The quantitative estimate of drug-likeness (QED) is 0.742. The van der Waals surface area contributed by atoms with E-state index in [1.807, 2.05) is 30.6 Å². The Kier molecular flexibility index (Phi) is 3.24. The Morgan fingerprint density at radius 2 is 2.00 bits per heavy atom. The first kappa shape index (κ1) is 11.9. The van der Waals surface area contributed by atoms with Crippen molar-refractivity contribution in [2.75, 3.05) is 0 Å². The van der Waals surface area contributed by atoms with Gasteiger partial charge in [-0.3, -0.25) is 4.68 Å². The Hall–Kier alpha value is -2.21. The minimum atomic E-state index is 0.721. The second kappa shape index (κ2) is 5.19. The van der Waals surface area contributed by atoms with E-state index in [-0.39, 0.29) is 0 Å². The zero-order valence-electron chi connectivity index (χ0n) is 10.2. The van der Waals surface area contributed by atoms with Crippen molar-refractivity contribution >= 4 is 12.2 Å². The number of benzene rings is 1. The molecule has 19 heavy (non-hydrogen) atoms. The van der Waals surface area contributed by atoms with E-state index < -0.39 is 0 Å². The molecule has 6 heteroatoms. The third-order valence-corrected chi connectivity index (χ3v) is 3.30. The zero-order chi connectivity index (χ0) is 13.1. The van der Waals surface area contributed by atoms with Gasteiger partial charge in [-0.1, -0.05) is 35.5 Å². The number of nitrogens with one attached hydrogen (secondary N) is 1. The van der Waals surface area contributed by atoms with Gasteiger partial charge in [0, 0.05) is 18.9 Å². The highest BCUT2D eigenvalue weighted by Gasteiger charge is 2.06. The van der Waals surface area contributed by atoms with Crippen LogP contribution in [0.5, 0.6) is 0 Å². The summed E-state index contributed by atoms with van der Waals surface area (Å²) in [6, 6.07) is 10.2. The summed E-state index contributed by atoms with van der Waals surface area (Å²) >= 11 is 5.33. The van der Waals surface area contributed by atoms with Gasteiger partial charge in [-0.05, 0) is 17.8 Å². The molecule has 0 amide bonds. The van der Waals surface area contributed by atoms with Crippen molar-refractivity contribution in [2.24, 2.45) is 0 Å². The molecular weight excluding hydrogens is 258 g/mol. The Bertz CT molecular complexity index is 696. The summed E-state index contributed by atoms with van der Waals surface area (Å²) in [5.41, 5.74) is 2.24. The van der Waals surface area contributed by atoms with E-state index in [0.717, 1.165) is 29.1 Å². The van der Waals surface area contributed by atoms with Crippen LogP contribution in [0.1, 0.15) is 0 Å². The van der Waals surface area contributed by atoms with E-state index in [1.54, 1.807) is 10.9 Å². The number of aryl methyl sites for hydroxylation is 1. The Morgan fingerprint density at radius 3 is 2.74 bits per heavy atom. The molecule has 0 spiro atoms. The van der Waals surface area contributed by atoms with E-state index in [2.05, 4.69) is 32.0 Å². The lowest BCUT2D eigenvalue weighted by atomic mass is 10.2. The molecule has 0 saturated heterocycles. The molecule has 0 fully saturated rings. The lowest BCUT2D eigenvalue weighted by molar-refractivity contribution is 0.518. The number of aromatic amines is 1. The maximum atomic E-state index is 5.33. The van der Waals surface area contributed by atoms with Crippen molar-refractivity contribution in [1.29, 1.82) is 0 Å². The molecule has 3 aromatic rings. The van der Waals surface area contributed by atoms with E-state index in [4.69, 9.17) is 12.2 Å². The van der Waals surface area contributed by atoms with Crippen LogP contribution in [0.2, 0.25) is 0 Å². The van der Waals surface area contributed by atoms with Gasteiger partial charge in [0.15, 0.2) is 4.77 Å². The van der Waals surface area contributed by atoms with Crippen LogP contribution < -0.4 is 0 Å². The SMILES string of the molecule is S=c1[nH]cc(-c2ccccc2)n1CCn1ccnn1. The van der Waals surface area contributed by atoms with Crippen LogP contribution in [0.3, 0.4) is 0 Å². The molecule has 1 N–H and O–H groups in total. The topological polar surface area (TPSA) is 51.4 Å². The maximum absolute atomic E-state index is 5.33. The van der Waals surface area contributed by atoms with E-state index in [9.17, 15) is 0 Å². The van der Waals surface area contributed by atoms with Crippen LogP contribution in [-0.4, -0.2) is 24.5 Å². The summed E-state index contributed by atoms with van der Waals surface area (Å²) in [4.78, 5) is 3.10. The number of rotatable bonds is 4. The van der Waals surface area contributed by atoms with Crippen LogP contribution in [0.4, 0.5) is 0 Å². The summed E-state index contributed by atoms with van der Waals surface area (Å²) in [5.74, 6) is 0. The van der Waals surface area contributed by atoms with Gasteiger partial charge in [-0.2, -0.15) is 0 Å². The Labute approximate surface area is 115 Å². The molecule has 2 aromatic heterocycles. The molecule has 0 saturated carbocycles. The maximum Gasteiger partial charge on any atom is 0.177 e. The molecule has 0 aliphatic heterocycles. The number of H-pyrrole nitrogens is 1. The monoisotopic (exact) mass is 271 g/mol. The van der Waals surface area contributed by atoms with Gasteiger partial charge in [-0.25, -0.2) is 0 Å². The largest absolute Gasteiger partial charge is 0.337 e. The lowest BCUT2D eigenvalue weighted by Gasteiger charge is -2.08. The van der Waals surface area contributed by atoms with Crippen molar-refractivity contribution in [3.05, 3.63) is 53.7 Å². The van der Waals surface area contributed by atoms with E-state index in [1.165, 1.54) is 0 Å². The first-order chi connectivity index (χ1) is 9.34. The summed E-state index contributed by atoms with van der Waals surface area (Å²) in [5, 5.41) is 7.75. The van der Waals surface area contributed by atoms with Gasteiger partial charge in [0.05, 0.1) is 18.4 Å². The molecule has 1 aromatic carbocycles. The number of nitrogens with zero attached hydrogens (tertiary/aromatic N) is 4. The Balaban J connectivity index is 1.89. The fourth-order valence-electron chi connectivity index (χ4n) is 2.02. The van der Waals surface area contributed by atoms with Gasteiger partial charge in [-0.15, -0.1) is 5.10 Å². The molecule has 0 atom stereocenters. The average molecular weight is 271 g/mol. The third-order valence-electron chi connectivity index (χ3n) is 2.96. The number of hydrogen-bond acceptors (Lipinski definition) is 3. The van der Waals surface area contributed by atoms with Crippen molar-refractivity contribution in [3.8, 4) is 11.3 Å². The molecule has 0 bridgehead atoms. The van der Waals surface area contributed by atoms with E-state index in [0.29, 0.717) is 0 Å². The molecule has 0 radical (unpaired) electrons. The predicted octanol–water partition coefficient (Wildman–Crippen LogP) is 2.50. The highest BCUT2D eigenvalue weighted by Crippen LogP contribution is 2.19. The first-order valence-electron chi connectivity index (χ1n) is 6.02. The highest BCUT2D eigenvalue weighted by atomic mass is 32.1. The van der Waals surface area contributed by atoms with Gasteiger partial charge in [0.25, 0.3) is 0 Å². The molecule has 0 aliphatic carbocycles. The van der Waals surface area contributed by atoms with Crippen LogP contribution in [0.25, 0.3) is 11.3 Å².